The van der Waals surface area contributed by atoms with Crippen molar-refractivity contribution in [1.29, 1.82) is 0 Å². The van der Waals surface area contributed by atoms with E-state index in [0.717, 1.165) is 19.3 Å². The van der Waals surface area contributed by atoms with Crippen LogP contribution in [-0.4, -0.2) is 104 Å². The fourth-order valence-corrected chi connectivity index (χ4v) is 6.57. The van der Waals surface area contributed by atoms with Crippen LogP contribution in [0.3, 0.4) is 0 Å². The number of rotatable bonds is 10. The molecule has 2 aliphatic rings. The molecule has 11 nitrogen and oxygen atoms in total. The number of piperidine rings is 2. The zero-order valence-electron chi connectivity index (χ0n) is 22.8. The summed E-state index contributed by atoms with van der Waals surface area (Å²) in [6.07, 6.45) is 1.33. The molecule has 2 aromatic heterocycles. The van der Waals surface area contributed by atoms with Crippen molar-refractivity contribution < 1.29 is 31.8 Å². The summed E-state index contributed by atoms with van der Waals surface area (Å²) in [6, 6.07) is -0.200. The summed E-state index contributed by atoms with van der Waals surface area (Å²) in [5.74, 6) is 0.0719. The van der Waals surface area contributed by atoms with Crippen molar-refractivity contribution in [3.63, 3.8) is 0 Å². The number of nitrogens with one attached hydrogen (secondary N) is 1. The Labute approximate surface area is 232 Å². The third-order valence-electron chi connectivity index (χ3n) is 7.16. The average molecular weight is 590 g/mol. The molecule has 0 aliphatic carbocycles. The van der Waals surface area contributed by atoms with Crippen LogP contribution in [0.4, 0.5) is 19.1 Å². The molecule has 2 saturated heterocycles. The third-order valence-corrected chi connectivity index (χ3v) is 9.12. The van der Waals surface area contributed by atoms with Gasteiger partial charge in [0.15, 0.2) is 0 Å². The summed E-state index contributed by atoms with van der Waals surface area (Å²) in [7, 11) is -3.42. The largest absolute Gasteiger partial charge is 0.419 e. The van der Waals surface area contributed by atoms with Gasteiger partial charge in [0.1, 0.15) is 5.56 Å². The van der Waals surface area contributed by atoms with Crippen LogP contribution in [0.1, 0.15) is 51.5 Å². The molecule has 224 valence electrons. The maximum atomic E-state index is 13.7. The lowest BCUT2D eigenvalue weighted by Crippen LogP contribution is -2.44. The Kier molecular flexibility index (Phi) is 9.39. The Hall–Kier alpha value is -2.33. The summed E-state index contributed by atoms with van der Waals surface area (Å²) >= 11 is 0. The van der Waals surface area contributed by atoms with Gasteiger partial charge in [-0.1, -0.05) is 0 Å². The lowest BCUT2D eigenvalue weighted by Gasteiger charge is -2.32. The molecule has 3 N–H and O–H groups in total. The molecule has 4 heterocycles. The van der Waals surface area contributed by atoms with Gasteiger partial charge in [-0.05, 0) is 52.5 Å². The first-order valence-electron chi connectivity index (χ1n) is 13.5. The number of hydrogen-bond donors (Lipinski definition) is 3. The second kappa shape index (κ2) is 12.3. The number of aliphatic hydroxyl groups is 2. The predicted octanol–water partition coefficient (Wildman–Crippen LogP) is 2.18. The summed E-state index contributed by atoms with van der Waals surface area (Å²) in [4.78, 5) is 10.2. The van der Waals surface area contributed by atoms with Crippen molar-refractivity contribution in [2.45, 2.75) is 76.4 Å². The van der Waals surface area contributed by atoms with Crippen LogP contribution in [0, 0.1) is 0 Å². The number of aliphatic hydroxyl groups excluding tert-OH is 1. The highest BCUT2D eigenvalue weighted by atomic mass is 32.2. The second-order valence-electron chi connectivity index (χ2n) is 11.3. The van der Waals surface area contributed by atoms with E-state index in [9.17, 15) is 31.8 Å². The van der Waals surface area contributed by atoms with Crippen LogP contribution in [0.15, 0.2) is 18.6 Å². The van der Waals surface area contributed by atoms with Crippen LogP contribution in [0.25, 0.3) is 11.3 Å². The summed E-state index contributed by atoms with van der Waals surface area (Å²) in [6.45, 7) is 6.05. The van der Waals surface area contributed by atoms with Crippen molar-refractivity contribution >= 4 is 16.0 Å². The van der Waals surface area contributed by atoms with Crippen molar-refractivity contribution in [3.05, 3.63) is 24.2 Å². The number of halogens is 3. The van der Waals surface area contributed by atoms with E-state index in [4.69, 9.17) is 0 Å². The average Bonchev–Trinajstić information content (AvgIpc) is 3.31. The molecule has 2 aliphatic heterocycles. The Balaban J connectivity index is 1.35. The molecule has 0 aromatic carbocycles. The molecule has 0 unspecified atom stereocenters. The van der Waals surface area contributed by atoms with Gasteiger partial charge >= 0.3 is 6.18 Å². The van der Waals surface area contributed by atoms with Crippen LogP contribution in [0.5, 0.6) is 0 Å². The number of alkyl halides is 3. The van der Waals surface area contributed by atoms with Crippen LogP contribution < -0.4 is 5.32 Å². The number of hydrogen-bond acceptors (Lipinski definition) is 9. The van der Waals surface area contributed by atoms with E-state index in [0.29, 0.717) is 51.7 Å². The van der Waals surface area contributed by atoms with E-state index >= 15 is 0 Å². The zero-order valence-corrected chi connectivity index (χ0v) is 23.6. The van der Waals surface area contributed by atoms with Crippen LogP contribution in [-0.2, 0) is 22.7 Å². The van der Waals surface area contributed by atoms with Gasteiger partial charge in [-0.3, -0.25) is 4.68 Å². The minimum atomic E-state index is -4.68. The zero-order chi connectivity index (χ0) is 29.1. The normalized spacial score (nSPS) is 19.3. The first-order chi connectivity index (χ1) is 18.7. The Bertz CT molecular complexity index is 1230. The van der Waals surface area contributed by atoms with Crippen molar-refractivity contribution in [2.75, 3.05) is 43.8 Å². The first kappa shape index (κ1) is 30.6. The maximum absolute atomic E-state index is 13.7. The van der Waals surface area contributed by atoms with E-state index < -0.39 is 27.4 Å². The fourth-order valence-electron chi connectivity index (χ4n) is 5.05. The summed E-state index contributed by atoms with van der Waals surface area (Å²) in [5, 5.41) is 26.8. The topological polar surface area (TPSA) is 137 Å². The molecule has 0 bridgehead atoms. The van der Waals surface area contributed by atoms with Gasteiger partial charge in [-0.2, -0.15) is 18.3 Å². The molecular formula is C25H38F3N7O4S. The van der Waals surface area contributed by atoms with E-state index in [-0.39, 0.29) is 41.6 Å². The minimum Gasteiger partial charge on any atom is -0.393 e. The molecular weight excluding hydrogens is 551 g/mol. The molecule has 4 rings (SSSR count). The molecule has 0 spiro atoms. The summed E-state index contributed by atoms with van der Waals surface area (Å²) < 4.78 is 69.7. The second-order valence-corrected chi connectivity index (χ2v) is 13.3. The van der Waals surface area contributed by atoms with Gasteiger partial charge in [-0.25, -0.2) is 22.7 Å². The van der Waals surface area contributed by atoms with E-state index in [1.54, 1.807) is 13.8 Å². The molecule has 2 fully saturated rings. The Morgan fingerprint density at radius 2 is 1.75 bits per heavy atom. The monoisotopic (exact) mass is 589 g/mol. The standard InChI is InChI=1S/C25H38F3N7O4S/c1-24(2,37)17-34-16-18(14-30-34)22-21(25(26,27)28)15-29-23(32-22)31-19-4-11-35(12-5-19)40(38,39)13-3-8-33-9-6-20(36)7-10-33/h14-16,19-20,36-37H,3-13,17H2,1-2H3,(H,29,31,32). The molecule has 0 atom stereocenters. The SMILES string of the molecule is CC(C)(O)Cn1cc(-c2nc(NC3CCN(S(=O)(=O)CCCN4CCC(O)CC4)CC3)ncc2C(F)(F)F)cn1. The van der Waals surface area contributed by atoms with Gasteiger partial charge in [0.25, 0.3) is 0 Å². The highest BCUT2D eigenvalue weighted by molar-refractivity contribution is 7.89. The fraction of sp³-hybridized carbons (Fsp3) is 0.720. The van der Waals surface area contributed by atoms with Gasteiger partial charge in [0, 0.05) is 50.2 Å². The van der Waals surface area contributed by atoms with Crippen LogP contribution in [0.2, 0.25) is 0 Å². The van der Waals surface area contributed by atoms with E-state index in [1.807, 2.05) is 0 Å². The summed E-state index contributed by atoms with van der Waals surface area (Å²) in [5.41, 5.74) is -2.28. The number of nitrogens with zero attached hydrogens (tertiary/aromatic N) is 6. The number of likely N-dealkylation sites (tertiary alicyclic amines) is 1. The molecule has 0 amide bonds. The lowest BCUT2D eigenvalue weighted by molar-refractivity contribution is -0.137. The van der Waals surface area contributed by atoms with Gasteiger partial charge in [0.05, 0.1) is 35.9 Å². The van der Waals surface area contributed by atoms with E-state index in [2.05, 4.69) is 25.3 Å². The van der Waals surface area contributed by atoms with Crippen molar-refractivity contribution in [3.8, 4) is 11.3 Å². The highest BCUT2D eigenvalue weighted by Gasteiger charge is 2.36. The first-order valence-corrected chi connectivity index (χ1v) is 15.1. The molecule has 2 aromatic rings. The molecule has 40 heavy (non-hydrogen) atoms. The van der Waals surface area contributed by atoms with E-state index in [1.165, 1.54) is 21.4 Å². The lowest BCUT2D eigenvalue weighted by atomic mass is 10.1. The predicted molar refractivity (Wildman–Crippen MR) is 143 cm³/mol. The van der Waals surface area contributed by atoms with Gasteiger partial charge in [0.2, 0.25) is 16.0 Å². The van der Waals surface area contributed by atoms with Gasteiger partial charge < -0.3 is 20.4 Å². The number of aromatic nitrogens is 4. The highest BCUT2D eigenvalue weighted by Crippen LogP contribution is 2.36. The molecule has 0 radical (unpaired) electrons. The smallest absolute Gasteiger partial charge is 0.393 e. The Morgan fingerprint density at radius 1 is 1.07 bits per heavy atom. The number of sulfonamides is 1. The van der Waals surface area contributed by atoms with Crippen molar-refractivity contribution in [2.24, 2.45) is 0 Å². The third kappa shape index (κ3) is 8.35. The van der Waals surface area contributed by atoms with Crippen LogP contribution >= 0.6 is 0 Å². The van der Waals surface area contributed by atoms with Crippen molar-refractivity contribution in [1.82, 2.24) is 29.0 Å². The number of anilines is 1. The quantitative estimate of drug-likeness (QED) is 0.381. The van der Waals surface area contributed by atoms with Gasteiger partial charge in [-0.15, -0.1) is 0 Å². The molecule has 15 heteroatoms. The molecule has 0 saturated carbocycles. The Morgan fingerprint density at radius 3 is 2.38 bits per heavy atom. The minimum absolute atomic E-state index is 0.0196. The maximum Gasteiger partial charge on any atom is 0.419 e.